The normalized spacial score (nSPS) is 17.3. The van der Waals surface area contributed by atoms with Crippen LogP contribution in [0.25, 0.3) is 0 Å². The fraction of sp³-hybridized carbons (Fsp3) is 0.158. The molecule has 10 heteroatoms. The molecule has 1 atom stereocenters. The fourth-order valence-corrected chi connectivity index (χ4v) is 3.56. The van der Waals surface area contributed by atoms with Crippen molar-refractivity contribution < 1.29 is 14.5 Å². The van der Waals surface area contributed by atoms with Crippen molar-refractivity contribution in [3.05, 3.63) is 75.8 Å². The van der Waals surface area contributed by atoms with Gasteiger partial charge in [-0.25, -0.2) is 0 Å². The molecular formula is C19H17N5O4S. The third-order valence-electron chi connectivity index (χ3n) is 4.09. The number of carbonyl (C=O) groups excluding carboxylic acids is 2. The molecule has 1 aliphatic heterocycles. The maximum Gasteiger partial charge on any atom is 0.270 e. The van der Waals surface area contributed by atoms with E-state index >= 15 is 0 Å². The molecule has 2 N–H and O–H groups in total. The number of benzene rings is 2. The van der Waals surface area contributed by atoms with Crippen molar-refractivity contribution in [2.24, 2.45) is 15.9 Å². The zero-order valence-electron chi connectivity index (χ0n) is 15.2. The molecule has 2 aromatic carbocycles. The van der Waals surface area contributed by atoms with Gasteiger partial charge in [0, 0.05) is 24.1 Å². The average molecular weight is 411 g/mol. The summed E-state index contributed by atoms with van der Waals surface area (Å²) in [5.74, 6) is -0.575. The lowest BCUT2D eigenvalue weighted by Crippen LogP contribution is -2.31. The van der Waals surface area contributed by atoms with Crippen LogP contribution in [0.2, 0.25) is 0 Å². The van der Waals surface area contributed by atoms with Crippen molar-refractivity contribution in [2.45, 2.75) is 18.2 Å². The van der Waals surface area contributed by atoms with Crippen LogP contribution in [0, 0.1) is 10.1 Å². The van der Waals surface area contributed by atoms with Crippen LogP contribution in [0.3, 0.4) is 0 Å². The van der Waals surface area contributed by atoms with E-state index in [-0.39, 0.29) is 35.6 Å². The molecule has 29 heavy (non-hydrogen) atoms. The Morgan fingerprint density at radius 2 is 2.00 bits per heavy atom. The summed E-state index contributed by atoms with van der Waals surface area (Å²) in [6, 6.07) is 15.1. The van der Waals surface area contributed by atoms with E-state index in [0.717, 1.165) is 17.3 Å². The van der Waals surface area contributed by atoms with Gasteiger partial charge in [0.15, 0.2) is 5.17 Å². The Kier molecular flexibility index (Phi) is 6.35. The van der Waals surface area contributed by atoms with Gasteiger partial charge in [-0.2, -0.15) is 5.10 Å². The number of nitrogens with zero attached hydrogens (tertiary/aromatic N) is 4. The molecule has 1 saturated heterocycles. The summed E-state index contributed by atoms with van der Waals surface area (Å²) in [6.45, 7) is 0.220. The Balaban J connectivity index is 1.60. The molecule has 0 aromatic heterocycles. The molecule has 9 nitrogen and oxygen atoms in total. The highest BCUT2D eigenvalue weighted by molar-refractivity contribution is 8.14. The van der Waals surface area contributed by atoms with Gasteiger partial charge in [0.1, 0.15) is 5.25 Å². The number of hydrogen-bond acceptors (Lipinski definition) is 7. The predicted octanol–water partition coefficient (Wildman–Crippen LogP) is 2.30. The van der Waals surface area contributed by atoms with Crippen LogP contribution in [0.15, 0.2) is 64.8 Å². The van der Waals surface area contributed by atoms with Gasteiger partial charge in [-0.3, -0.25) is 24.6 Å². The predicted molar refractivity (Wildman–Crippen MR) is 110 cm³/mol. The summed E-state index contributed by atoms with van der Waals surface area (Å²) in [4.78, 5) is 36.2. The molecular weight excluding hydrogens is 394 g/mol. The fourth-order valence-electron chi connectivity index (χ4n) is 2.72. The molecule has 1 unspecified atom stereocenters. The first-order chi connectivity index (χ1) is 13.9. The summed E-state index contributed by atoms with van der Waals surface area (Å²) < 4.78 is 0. The molecule has 3 rings (SSSR count). The Labute approximate surface area is 170 Å². The highest BCUT2D eigenvalue weighted by atomic mass is 32.2. The number of rotatable bonds is 6. The van der Waals surface area contributed by atoms with Crippen molar-refractivity contribution in [1.82, 2.24) is 4.90 Å². The lowest BCUT2D eigenvalue weighted by atomic mass is 10.2. The average Bonchev–Trinajstić information content (AvgIpc) is 2.96. The van der Waals surface area contributed by atoms with Crippen molar-refractivity contribution in [3.8, 4) is 0 Å². The van der Waals surface area contributed by atoms with Gasteiger partial charge in [-0.1, -0.05) is 54.2 Å². The van der Waals surface area contributed by atoms with Crippen LogP contribution >= 0.6 is 11.8 Å². The minimum absolute atomic E-state index is 0.0272. The van der Waals surface area contributed by atoms with E-state index in [2.05, 4.69) is 10.2 Å². The van der Waals surface area contributed by atoms with Gasteiger partial charge in [0.2, 0.25) is 11.8 Å². The summed E-state index contributed by atoms with van der Waals surface area (Å²) in [6.07, 6.45) is 1.37. The molecule has 1 fully saturated rings. The molecule has 0 aliphatic carbocycles. The highest BCUT2D eigenvalue weighted by Crippen LogP contribution is 2.26. The van der Waals surface area contributed by atoms with E-state index in [9.17, 15) is 19.7 Å². The molecule has 1 heterocycles. The molecule has 2 amide bonds. The molecule has 0 radical (unpaired) electrons. The largest absolute Gasteiger partial charge is 0.377 e. The van der Waals surface area contributed by atoms with Crippen LogP contribution in [0.1, 0.15) is 17.5 Å². The number of likely N-dealkylation sites (tertiary alicyclic amines) is 1. The van der Waals surface area contributed by atoms with Crippen LogP contribution in [-0.2, 0) is 16.1 Å². The number of amides is 2. The van der Waals surface area contributed by atoms with Crippen molar-refractivity contribution in [1.29, 1.82) is 0 Å². The summed E-state index contributed by atoms with van der Waals surface area (Å²) >= 11 is 0.970. The Morgan fingerprint density at radius 3 is 2.72 bits per heavy atom. The SMILES string of the molecule is NC(=NN=Cc1cccc([N+](=O)[O-])c1)SC1CC(=O)N(Cc2ccccc2)C1=O. The molecule has 2 aromatic rings. The third kappa shape index (κ3) is 5.26. The number of amidine groups is 1. The number of thioether (sulfide) groups is 1. The molecule has 0 bridgehead atoms. The van der Waals surface area contributed by atoms with E-state index < -0.39 is 10.2 Å². The van der Waals surface area contributed by atoms with Crippen molar-refractivity contribution in [2.75, 3.05) is 0 Å². The van der Waals surface area contributed by atoms with Crippen LogP contribution in [0.4, 0.5) is 5.69 Å². The topological polar surface area (TPSA) is 131 Å². The molecule has 1 aliphatic rings. The van der Waals surface area contributed by atoms with Crippen molar-refractivity contribution in [3.63, 3.8) is 0 Å². The quantitative estimate of drug-likeness (QED) is 0.255. The second-order valence-corrected chi connectivity index (χ2v) is 7.37. The van der Waals surface area contributed by atoms with Crippen molar-refractivity contribution >= 4 is 40.6 Å². The van der Waals surface area contributed by atoms with Gasteiger partial charge in [-0.15, -0.1) is 5.10 Å². The first-order valence-electron chi connectivity index (χ1n) is 8.60. The van der Waals surface area contributed by atoms with E-state index in [1.165, 1.54) is 29.3 Å². The van der Waals surface area contributed by atoms with Crippen LogP contribution in [-0.4, -0.2) is 38.3 Å². The van der Waals surface area contributed by atoms with Crippen LogP contribution < -0.4 is 5.73 Å². The van der Waals surface area contributed by atoms with Gasteiger partial charge < -0.3 is 5.73 Å². The van der Waals surface area contributed by atoms with Gasteiger partial charge >= 0.3 is 0 Å². The maximum atomic E-state index is 12.5. The second kappa shape index (κ2) is 9.11. The number of nitro benzene ring substituents is 1. The third-order valence-corrected chi connectivity index (χ3v) is 5.07. The van der Waals surface area contributed by atoms with Gasteiger partial charge in [0.05, 0.1) is 17.7 Å². The van der Waals surface area contributed by atoms with Crippen LogP contribution in [0.5, 0.6) is 0 Å². The Morgan fingerprint density at radius 1 is 1.24 bits per heavy atom. The minimum atomic E-state index is -0.650. The number of imide groups is 1. The number of carbonyl (C=O) groups is 2. The molecule has 148 valence electrons. The smallest absolute Gasteiger partial charge is 0.270 e. The summed E-state index contributed by atoms with van der Waals surface area (Å²) in [5, 5.41) is 17.8. The number of hydrogen-bond donors (Lipinski definition) is 1. The lowest BCUT2D eigenvalue weighted by molar-refractivity contribution is -0.384. The van der Waals surface area contributed by atoms with E-state index in [1.807, 2.05) is 30.3 Å². The first kappa shape index (κ1) is 20.2. The summed E-state index contributed by atoms with van der Waals surface area (Å²) in [7, 11) is 0. The van der Waals surface area contributed by atoms with Gasteiger partial charge in [-0.05, 0) is 5.56 Å². The number of nitro groups is 1. The zero-order valence-corrected chi connectivity index (χ0v) is 16.0. The van der Waals surface area contributed by atoms with E-state index in [0.29, 0.717) is 5.56 Å². The highest BCUT2D eigenvalue weighted by Gasteiger charge is 2.39. The first-order valence-corrected chi connectivity index (χ1v) is 9.48. The number of non-ortho nitro benzene ring substituents is 1. The van der Waals surface area contributed by atoms with E-state index in [1.54, 1.807) is 6.07 Å². The number of nitrogens with two attached hydrogens (primary N) is 1. The minimum Gasteiger partial charge on any atom is -0.377 e. The second-order valence-electron chi connectivity index (χ2n) is 6.15. The Hall–Kier alpha value is -3.53. The maximum absolute atomic E-state index is 12.5. The van der Waals surface area contributed by atoms with E-state index in [4.69, 9.17) is 5.73 Å². The lowest BCUT2D eigenvalue weighted by Gasteiger charge is -2.14. The molecule has 0 saturated carbocycles. The molecule has 0 spiro atoms. The standard InChI is InChI=1S/C19H17N5O4S/c20-19(22-21-11-14-7-4-8-15(9-14)24(27)28)29-16-10-17(25)23(18(16)26)12-13-5-2-1-3-6-13/h1-9,11,16H,10,12H2,(H2,20,22). The summed E-state index contributed by atoms with van der Waals surface area (Å²) in [5.41, 5.74) is 7.10. The van der Waals surface area contributed by atoms with Gasteiger partial charge in [0.25, 0.3) is 5.69 Å². The Bertz CT molecular complexity index is 993. The monoisotopic (exact) mass is 411 g/mol. The zero-order chi connectivity index (χ0) is 20.8.